The van der Waals surface area contributed by atoms with Crippen molar-refractivity contribution in [3.8, 4) is 17.1 Å². The van der Waals surface area contributed by atoms with E-state index in [2.05, 4.69) is 139 Å². The summed E-state index contributed by atoms with van der Waals surface area (Å²) in [6.45, 7) is 0. The van der Waals surface area contributed by atoms with Gasteiger partial charge in [-0.1, -0.05) is 134 Å². The molecule has 4 aromatic rings. The molecule has 2 aliphatic heterocycles. The van der Waals surface area contributed by atoms with Gasteiger partial charge in [0.15, 0.2) is 11.6 Å². The summed E-state index contributed by atoms with van der Waals surface area (Å²) in [5.74, 6) is 6.07. The smallest absolute Gasteiger partial charge is 0.167 e. The normalized spacial score (nSPS) is 26.8. The summed E-state index contributed by atoms with van der Waals surface area (Å²) in [4.78, 5) is 15.7. The van der Waals surface area contributed by atoms with Crippen LogP contribution in [0.4, 0.5) is 0 Å². The molecule has 0 saturated heterocycles. The summed E-state index contributed by atoms with van der Waals surface area (Å²) in [5.41, 5.74) is 8.22. The van der Waals surface area contributed by atoms with Crippen LogP contribution >= 0.6 is 0 Å². The summed E-state index contributed by atoms with van der Waals surface area (Å²) < 4.78 is 6.55. The van der Waals surface area contributed by atoms with Gasteiger partial charge in [-0.15, -0.1) is 0 Å². The topological polar surface area (TPSA) is 59.9 Å². The number of rotatable bonds is 7. The number of dihydropyridines is 1. The molecular formula is C50H48N4O. The van der Waals surface area contributed by atoms with Gasteiger partial charge in [0, 0.05) is 34.2 Å². The van der Waals surface area contributed by atoms with Gasteiger partial charge in [0.2, 0.25) is 0 Å². The van der Waals surface area contributed by atoms with E-state index in [0.717, 1.165) is 60.6 Å². The highest BCUT2D eigenvalue weighted by Crippen LogP contribution is 2.48. The van der Waals surface area contributed by atoms with Gasteiger partial charge < -0.3 is 10.1 Å². The van der Waals surface area contributed by atoms with Gasteiger partial charge in [0.25, 0.3) is 0 Å². The molecule has 55 heavy (non-hydrogen) atoms. The second-order valence-electron chi connectivity index (χ2n) is 16.0. The lowest BCUT2D eigenvalue weighted by atomic mass is 9.77. The maximum Gasteiger partial charge on any atom is 0.167 e. The SMILES string of the molecule is C1=CC(C2=C(c3ccc(-c4nc(C5=C6Oc7ccccc7C6CC=C5)nc(C5C=CC(C6C=CCCC6)CC5)n4)cc3)C=CC(c3ccccc3)N2)CCC1. The van der Waals surface area contributed by atoms with Crippen molar-refractivity contribution in [1.82, 2.24) is 20.3 Å². The van der Waals surface area contributed by atoms with Gasteiger partial charge in [0.1, 0.15) is 17.3 Å². The van der Waals surface area contributed by atoms with E-state index in [-0.39, 0.29) is 17.9 Å². The van der Waals surface area contributed by atoms with Crippen molar-refractivity contribution in [3.63, 3.8) is 0 Å². The van der Waals surface area contributed by atoms with Crippen LogP contribution in [0.15, 0.2) is 151 Å². The number of para-hydroxylation sites is 1. The van der Waals surface area contributed by atoms with Crippen LogP contribution in [-0.4, -0.2) is 15.0 Å². The molecule has 0 saturated carbocycles. The molecule has 5 nitrogen and oxygen atoms in total. The second kappa shape index (κ2) is 14.9. The summed E-state index contributed by atoms with van der Waals surface area (Å²) in [5, 5.41) is 3.95. The molecule has 1 N–H and O–H groups in total. The number of fused-ring (bicyclic) bond motifs is 3. The number of allylic oxidation sites excluding steroid dienone is 12. The van der Waals surface area contributed by atoms with E-state index in [1.165, 1.54) is 53.6 Å². The first kappa shape index (κ1) is 34.0. The molecule has 0 radical (unpaired) electrons. The molecule has 6 atom stereocenters. The minimum atomic E-state index is 0.145. The molecule has 4 aliphatic carbocycles. The lowest BCUT2D eigenvalue weighted by Gasteiger charge is -2.31. The summed E-state index contributed by atoms with van der Waals surface area (Å²) >= 11 is 0. The predicted octanol–water partition coefficient (Wildman–Crippen LogP) is 11.8. The van der Waals surface area contributed by atoms with Gasteiger partial charge in [-0.2, -0.15) is 0 Å². The van der Waals surface area contributed by atoms with Crippen molar-refractivity contribution in [1.29, 1.82) is 0 Å². The van der Waals surface area contributed by atoms with E-state index in [0.29, 0.717) is 29.4 Å². The van der Waals surface area contributed by atoms with Crippen LogP contribution in [0.25, 0.3) is 22.5 Å². The summed E-state index contributed by atoms with van der Waals surface area (Å²) in [6, 6.07) is 28.2. The van der Waals surface area contributed by atoms with Gasteiger partial charge in [-0.05, 0) is 86.8 Å². The zero-order valence-corrected chi connectivity index (χ0v) is 31.4. The van der Waals surface area contributed by atoms with Crippen molar-refractivity contribution in [2.45, 2.75) is 75.7 Å². The van der Waals surface area contributed by atoms with E-state index in [1.54, 1.807) is 0 Å². The van der Waals surface area contributed by atoms with Gasteiger partial charge in [-0.25, -0.2) is 15.0 Å². The largest absolute Gasteiger partial charge is 0.460 e. The first-order valence-corrected chi connectivity index (χ1v) is 20.6. The average Bonchev–Trinajstić information content (AvgIpc) is 3.66. The number of ether oxygens (including phenoxy) is 1. The molecule has 0 spiro atoms. The number of benzene rings is 3. The van der Waals surface area contributed by atoms with Crippen molar-refractivity contribution in [2.75, 3.05) is 0 Å². The molecular weight excluding hydrogens is 673 g/mol. The lowest BCUT2D eigenvalue weighted by Crippen LogP contribution is -2.28. The monoisotopic (exact) mass is 720 g/mol. The van der Waals surface area contributed by atoms with E-state index in [4.69, 9.17) is 19.7 Å². The second-order valence-corrected chi connectivity index (χ2v) is 16.0. The molecule has 274 valence electrons. The zero-order chi connectivity index (χ0) is 36.6. The van der Waals surface area contributed by atoms with Crippen molar-refractivity contribution in [3.05, 3.63) is 179 Å². The first-order valence-electron chi connectivity index (χ1n) is 20.6. The van der Waals surface area contributed by atoms with E-state index in [9.17, 15) is 0 Å². The summed E-state index contributed by atoms with van der Waals surface area (Å²) in [7, 11) is 0. The maximum atomic E-state index is 6.55. The molecule has 10 rings (SSSR count). The minimum absolute atomic E-state index is 0.145. The van der Waals surface area contributed by atoms with E-state index < -0.39 is 0 Å². The number of nitrogens with one attached hydrogen (secondary N) is 1. The maximum absolute atomic E-state index is 6.55. The fraction of sp³-hybridized carbons (Fsp3) is 0.300. The molecule has 1 aromatic heterocycles. The van der Waals surface area contributed by atoms with Crippen LogP contribution in [0.2, 0.25) is 0 Å². The van der Waals surface area contributed by atoms with Crippen LogP contribution < -0.4 is 10.1 Å². The highest BCUT2D eigenvalue weighted by molar-refractivity contribution is 5.80. The summed E-state index contributed by atoms with van der Waals surface area (Å²) in [6.07, 6.45) is 33.8. The molecule has 3 aromatic carbocycles. The van der Waals surface area contributed by atoms with Gasteiger partial charge in [0.05, 0.1) is 17.5 Å². The Morgan fingerprint density at radius 2 is 1.36 bits per heavy atom. The molecule has 0 fully saturated rings. The van der Waals surface area contributed by atoms with Crippen molar-refractivity contribution in [2.24, 2.45) is 17.8 Å². The van der Waals surface area contributed by atoms with Crippen LogP contribution in [0.1, 0.15) is 104 Å². The van der Waals surface area contributed by atoms with E-state index in [1.807, 2.05) is 6.07 Å². The van der Waals surface area contributed by atoms with Crippen LogP contribution in [0.5, 0.6) is 5.75 Å². The minimum Gasteiger partial charge on any atom is -0.460 e. The predicted molar refractivity (Wildman–Crippen MR) is 222 cm³/mol. The highest BCUT2D eigenvalue weighted by atomic mass is 16.5. The number of aromatic nitrogens is 3. The standard InChI is InChI=1S/C50H48N4O/c1-4-13-33(14-5-1)34-23-27-38(28-24-34)48-52-49(54-50(53-48)43-21-12-20-42-41-19-10-11-22-45(41)55-47(42)43)39-29-25-35(26-30-39)40-31-32-44(36-15-6-2-7-16-36)51-46(40)37-17-8-3-9-18-37/h2,4,6-8,10-13,15-17,19,21-23,25-27,29-34,37-38,42,44,51H,1,3,5,9,14,18,20,24,28H2. The Balaban J connectivity index is 1.01. The Labute approximate surface area is 325 Å². The Kier molecular flexibility index (Phi) is 9.23. The molecule has 0 bridgehead atoms. The van der Waals surface area contributed by atoms with Crippen molar-refractivity contribution < 1.29 is 4.74 Å². The van der Waals surface area contributed by atoms with Crippen LogP contribution in [-0.2, 0) is 0 Å². The average molecular weight is 721 g/mol. The van der Waals surface area contributed by atoms with Crippen molar-refractivity contribution >= 4 is 11.1 Å². The first-order chi connectivity index (χ1) is 27.2. The molecule has 3 heterocycles. The molecule has 6 unspecified atom stereocenters. The Hall–Kier alpha value is -5.55. The fourth-order valence-electron chi connectivity index (χ4n) is 9.51. The molecule has 6 aliphatic rings. The van der Waals surface area contributed by atoms with Gasteiger partial charge in [-0.3, -0.25) is 0 Å². The van der Waals surface area contributed by atoms with Crippen LogP contribution in [0.3, 0.4) is 0 Å². The Morgan fingerprint density at radius 3 is 2.16 bits per heavy atom. The van der Waals surface area contributed by atoms with E-state index >= 15 is 0 Å². The number of hydrogen-bond donors (Lipinski definition) is 1. The number of nitrogens with zero attached hydrogens (tertiary/aromatic N) is 3. The van der Waals surface area contributed by atoms with Gasteiger partial charge >= 0.3 is 0 Å². The third kappa shape index (κ3) is 6.75. The highest BCUT2D eigenvalue weighted by Gasteiger charge is 2.35. The Bertz CT molecular complexity index is 2290. The third-order valence-corrected chi connectivity index (χ3v) is 12.5. The Morgan fingerprint density at radius 1 is 0.582 bits per heavy atom. The fourth-order valence-corrected chi connectivity index (χ4v) is 9.51. The van der Waals surface area contributed by atoms with Crippen LogP contribution in [0, 0.1) is 17.8 Å². The molecule has 5 heteroatoms. The third-order valence-electron chi connectivity index (χ3n) is 12.5. The number of hydrogen-bond acceptors (Lipinski definition) is 5. The zero-order valence-electron chi connectivity index (χ0n) is 31.4. The quantitative estimate of drug-likeness (QED) is 0.193. The lowest BCUT2D eigenvalue weighted by molar-refractivity contribution is 0.370. The molecule has 0 amide bonds.